The summed E-state index contributed by atoms with van der Waals surface area (Å²) in [6.07, 6.45) is 3.04. The van der Waals surface area contributed by atoms with Crippen molar-refractivity contribution in [2.24, 2.45) is 0 Å². The van der Waals surface area contributed by atoms with Gasteiger partial charge in [0.1, 0.15) is 9.21 Å². The van der Waals surface area contributed by atoms with Gasteiger partial charge in [0, 0.05) is 64.8 Å². The Morgan fingerprint density at radius 3 is 1.77 bits per heavy atom. The molecule has 4 heterocycles. The second-order valence-electron chi connectivity index (χ2n) is 7.06. The fraction of sp³-hybridized carbons (Fsp3) is 0.556. The van der Waals surface area contributed by atoms with Crippen LogP contribution in [-0.4, -0.2) is 96.2 Å². The average Bonchev–Trinajstić information content (AvgIpc) is 2.75. The van der Waals surface area contributed by atoms with E-state index in [1.165, 1.54) is 19.3 Å². The Morgan fingerprint density at radius 2 is 1.29 bits per heavy atom. The van der Waals surface area contributed by atoms with Crippen LogP contribution in [-0.2, 0) is 0 Å². The van der Waals surface area contributed by atoms with Gasteiger partial charge in [0.2, 0.25) is 0 Å². The first kappa shape index (κ1) is 26.1. The van der Waals surface area contributed by atoms with Crippen molar-refractivity contribution in [3.8, 4) is 0 Å². The van der Waals surface area contributed by atoms with Crippen LogP contribution in [0, 0.1) is 0 Å². The van der Waals surface area contributed by atoms with Crippen molar-refractivity contribution in [3.05, 3.63) is 46.9 Å². The summed E-state index contributed by atoms with van der Waals surface area (Å²) in [6, 6.07) is 0. The summed E-state index contributed by atoms with van der Waals surface area (Å²) in [6.45, 7) is 8.38. The summed E-state index contributed by atoms with van der Waals surface area (Å²) in [4.78, 5) is 41.8. The Kier molecular flexibility index (Phi) is 11.3. The summed E-state index contributed by atoms with van der Waals surface area (Å²) in [5.74, 6) is 0.512. The number of nitrogens with one attached hydrogen (secondary N) is 3. The lowest BCUT2D eigenvalue weighted by atomic mass is 10.3. The maximum absolute atomic E-state index is 11.6. The van der Waals surface area contributed by atoms with Crippen molar-refractivity contribution < 1.29 is 0 Å². The van der Waals surface area contributed by atoms with Gasteiger partial charge in [-0.1, -0.05) is 0 Å². The number of halogens is 3. The van der Waals surface area contributed by atoms with Crippen molar-refractivity contribution in [1.82, 2.24) is 35.1 Å². The van der Waals surface area contributed by atoms with Crippen LogP contribution in [0.5, 0.6) is 0 Å². The minimum absolute atomic E-state index is 0.122. The molecular weight excluding hydrogens is 600 g/mol. The van der Waals surface area contributed by atoms with Gasteiger partial charge in [0.25, 0.3) is 11.1 Å². The van der Waals surface area contributed by atoms with E-state index in [0.29, 0.717) is 15.0 Å². The zero-order chi connectivity index (χ0) is 22.8. The summed E-state index contributed by atoms with van der Waals surface area (Å²) in [5, 5.41) is 3.27. The molecule has 0 saturated carbocycles. The predicted octanol–water partition coefficient (Wildman–Crippen LogP) is 1.10. The molecule has 3 N–H and O–H groups in total. The number of hydrogen-bond donors (Lipinski definition) is 3. The van der Waals surface area contributed by atoms with Crippen LogP contribution in [0.25, 0.3) is 0 Å². The van der Waals surface area contributed by atoms with Gasteiger partial charge in [0.15, 0.2) is 10.4 Å². The normalized spacial score (nSPS) is 17.3. The molecule has 0 bridgehead atoms. The maximum atomic E-state index is 11.6. The van der Waals surface area contributed by atoms with Crippen LogP contribution < -0.4 is 21.3 Å². The molecule has 2 aliphatic heterocycles. The third kappa shape index (κ3) is 9.49. The van der Waals surface area contributed by atoms with E-state index in [-0.39, 0.29) is 15.7 Å². The molecule has 13 heteroatoms. The topological polar surface area (TPSA) is 113 Å². The smallest absolute Gasteiger partial charge is 0.290 e. The molecule has 2 aromatic rings. The van der Waals surface area contributed by atoms with Gasteiger partial charge in [-0.2, -0.15) is 0 Å². The summed E-state index contributed by atoms with van der Waals surface area (Å²) in [5.41, 5.74) is -0.346. The lowest BCUT2D eigenvalue weighted by Gasteiger charge is -2.32. The van der Waals surface area contributed by atoms with Crippen LogP contribution in [0.2, 0.25) is 0 Å². The average molecular weight is 627 g/mol. The van der Waals surface area contributed by atoms with Gasteiger partial charge in [-0.05, 0) is 61.9 Å². The highest BCUT2D eigenvalue weighted by Gasteiger charge is 2.17. The third-order valence-corrected chi connectivity index (χ3v) is 5.95. The molecule has 2 aliphatic rings. The lowest BCUT2D eigenvalue weighted by molar-refractivity contribution is 0.291. The summed E-state index contributed by atoms with van der Waals surface area (Å²) >= 11 is 9.30. The molecule has 10 nitrogen and oxygen atoms in total. The molecule has 0 radical (unpaired) electrons. The molecule has 0 aromatic carbocycles. The Morgan fingerprint density at radius 1 is 0.774 bits per heavy atom. The number of aromatic nitrogens is 4. The fourth-order valence-electron chi connectivity index (χ4n) is 2.74. The second kappa shape index (κ2) is 13.4. The van der Waals surface area contributed by atoms with Gasteiger partial charge in [-0.25, -0.2) is 9.97 Å². The van der Waals surface area contributed by atoms with Crippen molar-refractivity contribution in [2.45, 2.75) is 0 Å². The minimum atomic E-state index is -0.224. The van der Waals surface area contributed by atoms with E-state index < -0.39 is 0 Å². The molecule has 0 unspecified atom stereocenters. The number of rotatable bonds is 1. The van der Waals surface area contributed by atoms with E-state index in [9.17, 15) is 9.59 Å². The molecule has 2 saturated heterocycles. The van der Waals surface area contributed by atoms with Gasteiger partial charge in [-0.15, -0.1) is 0 Å². The molecule has 2 fully saturated rings. The number of likely N-dealkylation sites (N-methyl/N-ethyl adjacent to an activating group) is 2. The summed E-state index contributed by atoms with van der Waals surface area (Å²) in [7, 11) is 4.23. The van der Waals surface area contributed by atoms with Gasteiger partial charge < -0.3 is 30.0 Å². The van der Waals surface area contributed by atoms with E-state index in [1.54, 1.807) is 6.20 Å². The molecule has 0 atom stereocenters. The Hall–Kier alpha value is -1.12. The van der Waals surface area contributed by atoms with E-state index in [0.717, 1.165) is 39.3 Å². The zero-order valence-electron chi connectivity index (χ0n) is 17.5. The first-order chi connectivity index (χ1) is 14.8. The van der Waals surface area contributed by atoms with E-state index in [2.05, 4.69) is 96.9 Å². The van der Waals surface area contributed by atoms with Crippen molar-refractivity contribution in [2.75, 3.05) is 71.4 Å². The first-order valence-corrected chi connectivity index (χ1v) is 12.1. The standard InChI is InChI=1S/C9H13BrN4O.C5H12N2.C4H2Br2N2O/c1-13-2-4-14(5-3-13)8-9(15)11-6-7(10)12-8;1-7-4-2-6-3-5-7;5-2-1-7-4(9)3(6)8-2/h6H,2-5H2,1H3,(H,11,15);6H,2-5H2,1H3;1H,(H,7,9). The highest BCUT2D eigenvalue weighted by molar-refractivity contribution is 9.11. The number of nitrogens with zero attached hydrogens (tertiary/aromatic N) is 5. The zero-order valence-corrected chi connectivity index (χ0v) is 22.3. The Labute approximate surface area is 206 Å². The predicted molar refractivity (Wildman–Crippen MR) is 133 cm³/mol. The second-order valence-corrected chi connectivity index (χ2v) is 9.44. The summed E-state index contributed by atoms with van der Waals surface area (Å²) < 4.78 is 1.56. The number of hydrogen-bond acceptors (Lipinski definition) is 8. The van der Waals surface area contributed by atoms with Crippen molar-refractivity contribution >= 4 is 53.6 Å². The third-order valence-electron chi connectivity index (χ3n) is 4.60. The molecule has 172 valence electrons. The molecule has 0 amide bonds. The number of piperazine rings is 2. The van der Waals surface area contributed by atoms with Crippen molar-refractivity contribution in [3.63, 3.8) is 0 Å². The molecule has 4 rings (SSSR count). The fourth-order valence-corrected chi connectivity index (χ4v) is 3.86. The van der Waals surface area contributed by atoms with Crippen LogP contribution in [0.4, 0.5) is 5.82 Å². The van der Waals surface area contributed by atoms with Crippen LogP contribution in [0.3, 0.4) is 0 Å². The largest absolute Gasteiger partial charge is 0.349 e. The van der Waals surface area contributed by atoms with E-state index in [1.807, 2.05) is 4.90 Å². The Balaban J connectivity index is 0.000000181. The highest BCUT2D eigenvalue weighted by atomic mass is 79.9. The molecular formula is C18H27Br3N8O2. The van der Waals surface area contributed by atoms with Crippen LogP contribution in [0.15, 0.2) is 35.8 Å². The molecule has 0 spiro atoms. The lowest BCUT2D eigenvalue weighted by Crippen LogP contribution is -2.46. The molecule has 2 aromatic heterocycles. The van der Waals surface area contributed by atoms with E-state index >= 15 is 0 Å². The number of aromatic amines is 2. The maximum Gasteiger partial charge on any atom is 0.290 e. The van der Waals surface area contributed by atoms with Crippen molar-refractivity contribution in [1.29, 1.82) is 0 Å². The first-order valence-electron chi connectivity index (χ1n) is 9.75. The Bertz CT molecular complexity index is 925. The van der Waals surface area contributed by atoms with Crippen LogP contribution >= 0.6 is 47.8 Å². The quantitative estimate of drug-likeness (QED) is 0.432. The number of H-pyrrole nitrogens is 2. The van der Waals surface area contributed by atoms with Crippen LogP contribution in [0.1, 0.15) is 0 Å². The van der Waals surface area contributed by atoms with Gasteiger partial charge in [-0.3, -0.25) is 9.59 Å². The molecule has 0 aliphatic carbocycles. The van der Waals surface area contributed by atoms with Gasteiger partial charge in [0.05, 0.1) is 0 Å². The number of anilines is 1. The van der Waals surface area contributed by atoms with E-state index in [4.69, 9.17) is 0 Å². The minimum Gasteiger partial charge on any atom is -0.349 e. The SMILES string of the molecule is CN1CCN(c2nc(Br)c[nH]c2=O)CC1.CN1CCNCC1.O=c1[nH]cc(Br)nc1Br. The monoisotopic (exact) mass is 624 g/mol. The highest BCUT2D eigenvalue weighted by Crippen LogP contribution is 2.11. The molecule has 31 heavy (non-hydrogen) atoms. The van der Waals surface area contributed by atoms with Gasteiger partial charge >= 0.3 is 0 Å².